The first-order chi connectivity index (χ1) is 27.2. The predicted octanol–water partition coefficient (Wildman–Crippen LogP) is 8.85. The molecule has 0 spiro atoms. The van der Waals surface area contributed by atoms with E-state index in [0.29, 0.717) is 27.9 Å². The molecule has 4 aromatic carbocycles. The normalized spacial score (nSPS) is 11.4. The number of carbonyl (C=O) groups is 2. The minimum Gasteiger partial charge on any atom is -0.421 e. The van der Waals surface area contributed by atoms with Crippen molar-refractivity contribution in [3.8, 4) is 28.4 Å². The van der Waals surface area contributed by atoms with Crippen molar-refractivity contribution in [2.45, 2.75) is 0 Å². The molecule has 14 heteroatoms. The van der Waals surface area contributed by atoms with Crippen molar-refractivity contribution in [3.05, 3.63) is 189 Å². The van der Waals surface area contributed by atoms with Crippen LogP contribution in [0.1, 0.15) is 24.9 Å². The van der Waals surface area contributed by atoms with Gasteiger partial charge in [0.15, 0.2) is 5.75 Å². The Kier molecular flexibility index (Phi) is 8.82. The third kappa shape index (κ3) is 5.78. The fourth-order valence-corrected chi connectivity index (χ4v) is 8.66. The lowest BCUT2D eigenvalue weighted by Gasteiger charge is -2.20. The van der Waals surface area contributed by atoms with Gasteiger partial charge in [-0.25, -0.2) is 9.78 Å². The van der Waals surface area contributed by atoms with Gasteiger partial charge in [0.2, 0.25) is 5.78 Å². The zero-order valence-corrected chi connectivity index (χ0v) is 31.7. The molecule has 0 radical (unpaired) electrons. The van der Waals surface area contributed by atoms with E-state index < -0.39 is 56.5 Å². The van der Waals surface area contributed by atoms with Crippen molar-refractivity contribution in [1.82, 2.24) is 18.5 Å². The van der Waals surface area contributed by atoms with Gasteiger partial charge in [-0.1, -0.05) is 83.9 Å². The van der Waals surface area contributed by atoms with Crippen LogP contribution in [0.25, 0.3) is 50.2 Å². The Morgan fingerprint density at radius 2 is 1.11 bits per heavy atom. The molecule has 272 valence electrons. The number of halogens is 2. The van der Waals surface area contributed by atoms with Gasteiger partial charge in [0.25, 0.3) is 16.7 Å². The summed E-state index contributed by atoms with van der Waals surface area (Å²) in [4.78, 5) is 79.3. The van der Waals surface area contributed by atoms with Gasteiger partial charge in [-0.3, -0.25) is 32.7 Å². The Morgan fingerprint density at radius 3 is 1.71 bits per heavy atom. The Bertz CT molecular complexity index is 3260. The van der Waals surface area contributed by atoms with E-state index in [2.05, 4.69) is 0 Å². The molecule has 0 saturated carbocycles. The van der Waals surface area contributed by atoms with Crippen molar-refractivity contribution in [3.63, 3.8) is 0 Å². The molecule has 0 unspecified atom stereocenters. The fourth-order valence-electron chi connectivity index (χ4n) is 6.75. The number of aromatic nitrogens is 4. The van der Waals surface area contributed by atoms with Crippen LogP contribution in [0.4, 0.5) is 0 Å². The summed E-state index contributed by atoms with van der Waals surface area (Å²) < 4.78 is 10.5. The van der Waals surface area contributed by atoms with E-state index in [0.717, 1.165) is 27.1 Å². The summed E-state index contributed by atoms with van der Waals surface area (Å²) in [6, 6.07) is 36.9. The van der Waals surface area contributed by atoms with Crippen molar-refractivity contribution < 1.29 is 14.3 Å². The highest BCUT2D eigenvalue weighted by molar-refractivity contribution is 7.18. The van der Waals surface area contributed by atoms with Crippen LogP contribution in [0.5, 0.6) is 5.75 Å². The quantitative estimate of drug-likeness (QED) is 0.0896. The van der Waals surface area contributed by atoms with Crippen LogP contribution in [-0.2, 0) is 0 Å². The smallest absolute Gasteiger partial charge is 0.353 e. The molecule has 0 atom stereocenters. The topological polar surface area (TPSA) is 122 Å². The van der Waals surface area contributed by atoms with Crippen molar-refractivity contribution in [1.29, 1.82) is 0 Å². The largest absolute Gasteiger partial charge is 0.421 e. The summed E-state index contributed by atoms with van der Waals surface area (Å²) in [5.74, 6) is -2.40. The number of benzene rings is 4. The van der Waals surface area contributed by atoms with Crippen LogP contribution in [-0.4, -0.2) is 30.3 Å². The molecule has 0 amide bonds. The van der Waals surface area contributed by atoms with Crippen LogP contribution in [0, 0.1) is 0 Å². The number of nitrogens with zero attached hydrogens (tertiary/aromatic N) is 4. The van der Waals surface area contributed by atoms with Gasteiger partial charge in [0.05, 0.1) is 41.2 Å². The number of rotatable bonds is 7. The number of fused-ring (bicyclic) bond motifs is 4. The lowest BCUT2D eigenvalue weighted by molar-refractivity contribution is 0.0739. The number of pyridine rings is 1. The number of para-hydroxylation sites is 6. The minimum atomic E-state index is -0.987. The molecular weight excluding hydrogens is 792 g/mol. The first-order valence-corrected chi connectivity index (χ1v) is 19.3. The second-order valence-corrected chi connectivity index (χ2v) is 15.8. The van der Waals surface area contributed by atoms with E-state index >= 15 is 14.4 Å². The molecule has 0 saturated heterocycles. The fraction of sp³-hybridized carbons (Fsp3) is 0. The Balaban J connectivity index is 1.52. The maximum absolute atomic E-state index is 15.4. The third-order valence-electron chi connectivity index (χ3n) is 9.12. The number of esters is 1. The maximum atomic E-state index is 15.4. The lowest BCUT2D eigenvalue weighted by Crippen LogP contribution is -2.33. The minimum absolute atomic E-state index is 0.0343. The highest BCUT2D eigenvalue weighted by atomic mass is 35.5. The number of hydrogen-bond donors (Lipinski definition) is 0. The zero-order chi connectivity index (χ0) is 38.7. The third-order valence-corrected chi connectivity index (χ3v) is 11.6. The van der Waals surface area contributed by atoms with Crippen molar-refractivity contribution in [2.24, 2.45) is 0 Å². The van der Waals surface area contributed by atoms with Gasteiger partial charge in [-0.05, 0) is 72.8 Å². The van der Waals surface area contributed by atoms with Gasteiger partial charge in [0, 0.05) is 11.4 Å². The molecule has 5 aromatic heterocycles. The summed E-state index contributed by atoms with van der Waals surface area (Å²) in [6.07, 6.45) is 0. The number of carbonyl (C=O) groups excluding carboxylic acids is 2. The van der Waals surface area contributed by atoms with E-state index in [1.54, 1.807) is 109 Å². The van der Waals surface area contributed by atoms with Crippen molar-refractivity contribution >= 4 is 85.2 Å². The molecule has 5 heterocycles. The second-order valence-electron chi connectivity index (χ2n) is 12.4. The molecule has 0 bridgehead atoms. The Labute approximate surface area is 333 Å². The second kappa shape index (κ2) is 14.0. The van der Waals surface area contributed by atoms with Crippen LogP contribution in [0.15, 0.2) is 148 Å². The number of ether oxygens (including phenoxy) is 1. The Morgan fingerprint density at radius 1 is 0.571 bits per heavy atom. The van der Waals surface area contributed by atoms with Gasteiger partial charge in [0.1, 0.15) is 21.7 Å². The van der Waals surface area contributed by atoms with Crippen LogP contribution in [0.3, 0.4) is 0 Å². The molecular formula is C42H22Cl2N4O6S2. The van der Waals surface area contributed by atoms with Crippen LogP contribution >= 0.6 is 45.9 Å². The zero-order valence-electron chi connectivity index (χ0n) is 28.5. The summed E-state index contributed by atoms with van der Waals surface area (Å²) in [5, 5.41) is 0. The SMILES string of the molecule is O=C(Oc1c(-c2nc3ccccc3n(-c3ccccc3)c2=O)c(=O)n2c(c1C(=O)c1ccc(Cl)s1)c(=O)n(-c1ccccc1)c1ccccc12)c1ccc(Cl)s1. The first kappa shape index (κ1) is 35.3. The standard InChI is InChI=1S/C42H22Cl2N4O6S2/c43-31-21-19-29(55-31)37(49)34-36-41(52)47(24-13-5-2-6-14-24)27-17-9-10-18-28(27)48(36)39(50)33(38(34)54-42(53)30-20-22-32(44)56-30)35-40(51)46(23-11-3-1-4-12-23)26-16-8-7-15-25(26)45-35/h1-22H. The van der Waals surface area contributed by atoms with E-state index in [4.69, 9.17) is 32.9 Å². The summed E-state index contributed by atoms with van der Waals surface area (Å²) in [6.45, 7) is 0. The lowest BCUT2D eigenvalue weighted by atomic mass is 10.0. The van der Waals surface area contributed by atoms with Gasteiger partial charge in [-0.2, -0.15) is 0 Å². The van der Waals surface area contributed by atoms with Gasteiger partial charge >= 0.3 is 5.97 Å². The number of hydrogen-bond acceptors (Lipinski definition) is 9. The first-order valence-electron chi connectivity index (χ1n) is 16.9. The summed E-state index contributed by atoms with van der Waals surface area (Å²) in [5.41, 5.74) is -2.01. The molecule has 0 aliphatic rings. The molecule has 0 aliphatic carbocycles. The van der Waals surface area contributed by atoms with E-state index in [1.165, 1.54) is 33.4 Å². The van der Waals surface area contributed by atoms with E-state index in [-0.39, 0.29) is 23.9 Å². The van der Waals surface area contributed by atoms with Crippen molar-refractivity contribution in [2.75, 3.05) is 0 Å². The summed E-state index contributed by atoms with van der Waals surface area (Å²) >= 11 is 14.4. The number of ketones is 1. The molecule has 0 fully saturated rings. The molecule has 9 rings (SSSR count). The van der Waals surface area contributed by atoms with Crippen LogP contribution in [0.2, 0.25) is 8.67 Å². The highest BCUT2D eigenvalue weighted by Gasteiger charge is 2.34. The maximum Gasteiger partial charge on any atom is 0.353 e. The summed E-state index contributed by atoms with van der Waals surface area (Å²) in [7, 11) is 0. The Hall–Kier alpha value is -6.44. The molecule has 0 N–H and O–H groups in total. The molecule has 56 heavy (non-hydrogen) atoms. The number of thiophene rings is 2. The molecule has 9 aromatic rings. The van der Waals surface area contributed by atoms with E-state index in [1.807, 2.05) is 0 Å². The monoisotopic (exact) mass is 812 g/mol. The average Bonchev–Trinajstić information content (AvgIpc) is 3.86. The highest BCUT2D eigenvalue weighted by Crippen LogP contribution is 2.37. The average molecular weight is 814 g/mol. The van der Waals surface area contributed by atoms with Gasteiger partial charge in [-0.15, -0.1) is 22.7 Å². The van der Waals surface area contributed by atoms with Crippen LogP contribution < -0.4 is 21.4 Å². The molecule has 10 nitrogen and oxygen atoms in total. The van der Waals surface area contributed by atoms with Gasteiger partial charge < -0.3 is 4.74 Å². The molecule has 0 aliphatic heterocycles. The predicted molar refractivity (Wildman–Crippen MR) is 220 cm³/mol. The van der Waals surface area contributed by atoms with E-state index in [9.17, 15) is 9.59 Å².